The maximum atomic E-state index is 9.76. The summed E-state index contributed by atoms with van der Waals surface area (Å²) in [6.07, 6.45) is 4.74. The topological polar surface area (TPSA) is 32.3 Å². The molecule has 0 aliphatic heterocycles. The Morgan fingerprint density at radius 2 is 2.06 bits per heavy atom. The average Bonchev–Trinajstić information content (AvgIpc) is 2.35. The third-order valence-electron chi connectivity index (χ3n) is 3.97. The highest BCUT2D eigenvalue weighted by Gasteiger charge is 2.37. The number of rotatable bonds is 3. The van der Waals surface area contributed by atoms with E-state index in [0.29, 0.717) is 5.92 Å². The minimum absolute atomic E-state index is 0.133. The molecule has 94 valence electrons. The molecule has 0 spiro atoms. The summed E-state index contributed by atoms with van der Waals surface area (Å²) < 4.78 is 1.08. The summed E-state index contributed by atoms with van der Waals surface area (Å²) in [6, 6.07) is 8.17. The zero-order chi connectivity index (χ0) is 12.3. The fourth-order valence-corrected chi connectivity index (χ4v) is 2.96. The van der Waals surface area contributed by atoms with Gasteiger partial charge in [0.2, 0.25) is 0 Å². The van der Waals surface area contributed by atoms with Crippen LogP contribution in [-0.4, -0.2) is 17.3 Å². The first kappa shape index (κ1) is 12.9. The van der Waals surface area contributed by atoms with Crippen LogP contribution in [0.5, 0.6) is 0 Å². The van der Waals surface area contributed by atoms with Crippen molar-refractivity contribution in [1.82, 2.24) is 0 Å². The number of aliphatic hydroxyl groups excluding tert-OH is 1. The Bertz CT molecular complexity index is 365. The molecule has 0 bridgehead atoms. The molecule has 0 heterocycles. The minimum atomic E-state index is -0.133. The zero-order valence-electron chi connectivity index (χ0n) is 10.2. The van der Waals surface area contributed by atoms with E-state index in [9.17, 15) is 5.11 Å². The molecule has 0 saturated heterocycles. The zero-order valence-corrected chi connectivity index (χ0v) is 11.8. The predicted octanol–water partition coefficient (Wildman–Crippen LogP) is 3.80. The lowest BCUT2D eigenvalue weighted by Crippen LogP contribution is -2.49. The van der Waals surface area contributed by atoms with Crippen molar-refractivity contribution in [2.75, 3.05) is 11.9 Å². The Morgan fingerprint density at radius 1 is 1.35 bits per heavy atom. The van der Waals surface area contributed by atoms with Crippen LogP contribution in [0, 0.1) is 5.92 Å². The van der Waals surface area contributed by atoms with Gasteiger partial charge in [-0.05, 0) is 43.0 Å². The molecule has 1 aromatic rings. The summed E-state index contributed by atoms with van der Waals surface area (Å²) in [5, 5.41) is 13.3. The van der Waals surface area contributed by atoms with E-state index in [2.05, 4.69) is 40.3 Å². The van der Waals surface area contributed by atoms with Crippen molar-refractivity contribution in [3.05, 3.63) is 28.7 Å². The summed E-state index contributed by atoms with van der Waals surface area (Å²) >= 11 is 3.44. The van der Waals surface area contributed by atoms with Gasteiger partial charge in [0.15, 0.2) is 0 Å². The minimum Gasteiger partial charge on any atom is -0.394 e. The molecule has 2 atom stereocenters. The number of benzene rings is 1. The molecule has 2 rings (SSSR count). The molecule has 0 amide bonds. The summed E-state index contributed by atoms with van der Waals surface area (Å²) in [6.45, 7) is 2.45. The van der Waals surface area contributed by atoms with E-state index in [0.717, 1.165) is 16.6 Å². The molecule has 2 nitrogen and oxygen atoms in total. The third kappa shape index (κ3) is 2.83. The maximum absolute atomic E-state index is 9.76. The van der Waals surface area contributed by atoms with Gasteiger partial charge in [-0.3, -0.25) is 0 Å². The van der Waals surface area contributed by atoms with Crippen molar-refractivity contribution in [1.29, 1.82) is 0 Å². The smallest absolute Gasteiger partial charge is 0.0664 e. The molecular weight excluding hydrogens is 278 g/mol. The Hall–Kier alpha value is -0.540. The fourth-order valence-electron chi connectivity index (χ4n) is 2.69. The Kier molecular flexibility index (Phi) is 4.10. The first-order valence-corrected chi connectivity index (χ1v) is 7.10. The quantitative estimate of drug-likeness (QED) is 0.889. The normalized spacial score (nSPS) is 29.0. The predicted molar refractivity (Wildman–Crippen MR) is 75.2 cm³/mol. The average molecular weight is 298 g/mol. The highest BCUT2D eigenvalue weighted by molar-refractivity contribution is 9.10. The van der Waals surface area contributed by atoms with Crippen LogP contribution in [0.15, 0.2) is 28.7 Å². The second kappa shape index (κ2) is 5.40. The Labute approximate surface area is 112 Å². The number of hydrogen-bond acceptors (Lipinski definition) is 2. The number of nitrogens with one attached hydrogen (secondary N) is 1. The molecule has 1 fully saturated rings. The Morgan fingerprint density at radius 3 is 2.65 bits per heavy atom. The fraction of sp³-hybridized carbons (Fsp3) is 0.571. The van der Waals surface area contributed by atoms with Gasteiger partial charge in [-0.1, -0.05) is 35.7 Å². The van der Waals surface area contributed by atoms with Crippen molar-refractivity contribution in [3.8, 4) is 0 Å². The lowest BCUT2D eigenvalue weighted by molar-refractivity contribution is 0.126. The van der Waals surface area contributed by atoms with Gasteiger partial charge >= 0.3 is 0 Å². The van der Waals surface area contributed by atoms with Crippen LogP contribution in [0.2, 0.25) is 0 Å². The molecule has 0 radical (unpaired) electrons. The Balaban J connectivity index is 2.15. The van der Waals surface area contributed by atoms with Crippen LogP contribution in [-0.2, 0) is 0 Å². The first-order chi connectivity index (χ1) is 8.16. The van der Waals surface area contributed by atoms with E-state index in [1.165, 1.54) is 19.3 Å². The van der Waals surface area contributed by atoms with Crippen LogP contribution < -0.4 is 5.32 Å². The standard InChI is InChI=1S/C14H20BrNO/c1-11-4-2-3-9-14(11,10-17)16-13-7-5-12(15)6-8-13/h5-8,11,16-17H,2-4,9-10H2,1H3. The van der Waals surface area contributed by atoms with E-state index in [1.807, 2.05) is 12.1 Å². The van der Waals surface area contributed by atoms with Crippen LogP contribution in [0.1, 0.15) is 32.6 Å². The summed E-state index contributed by atoms with van der Waals surface area (Å²) in [7, 11) is 0. The molecule has 2 unspecified atom stereocenters. The SMILES string of the molecule is CC1CCCCC1(CO)Nc1ccc(Br)cc1. The van der Waals surface area contributed by atoms with Crippen molar-refractivity contribution in [2.24, 2.45) is 5.92 Å². The summed E-state index contributed by atoms with van der Waals surface area (Å²) in [4.78, 5) is 0. The van der Waals surface area contributed by atoms with E-state index in [-0.39, 0.29) is 12.1 Å². The number of hydrogen-bond donors (Lipinski definition) is 2. The number of aliphatic hydroxyl groups is 1. The number of halogens is 1. The summed E-state index contributed by atoms with van der Waals surface area (Å²) in [5.74, 6) is 0.518. The van der Waals surface area contributed by atoms with E-state index < -0.39 is 0 Å². The van der Waals surface area contributed by atoms with E-state index in [4.69, 9.17) is 0 Å². The van der Waals surface area contributed by atoms with Crippen LogP contribution in [0.3, 0.4) is 0 Å². The van der Waals surface area contributed by atoms with Gasteiger partial charge in [-0.15, -0.1) is 0 Å². The van der Waals surface area contributed by atoms with Crippen LogP contribution >= 0.6 is 15.9 Å². The first-order valence-electron chi connectivity index (χ1n) is 6.31. The third-order valence-corrected chi connectivity index (χ3v) is 4.50. The van der Waals surface area contributed by atoms with Crippen LogP contribution in [0.4, 0.5) is 5.69 Å². The van der Waals surface area contributed by atoms with Crippen molar-refractivity contribution < 1.29 is 5.11 Å². The second-order valence-corrected chi connectivity index (χ2v) is 6.01. The van der Waals surface area contributed by atoms with Gasteiger partial charge < -0.3 is 10.4 Å². The highest BCUT2D eigenvalue weighted by Crippen LogP contribution is 2.36. The maximum Gasteiger partial charge on any atom is 0.0664 e. The van der Waals surface area contributed by atoms with Gasteiger partial charge in [-0.2, -0.15) is 0 Å². The molecule has 1 aliphatic rings. The summed E-state index contributed by atoms with van der Waals surface area (Å²) in [5.41, 5.74) is 0.961. The molecule has 1 aliphatic carbocycles. The van der Waals surface area contributed by atoms with Crippen molar-refractivity contribution >= 4 is 21.6 Å². The number of anilines is 1. The molecule has 0 aromatic heterocycles. The van der Waals surface area contributed by atoms with Gasteiger partial charge in [0.25, 0.3) is 0 Å². The lowest BCUT2D eigenvalue weighted by atomic mass is 9.74. The molecule has 17 heavy (non-hydrogen) atoms. The molecule has 1 aromatic carbocycles. The molecular formula is C14H20BrNO. The monoisotopic (exact) mass is 297 g/mol. The van der Waals surface area contributed by atoms with E-state index >= 15 is 0 Å². The van der Waals surface area contributed by atoms with Crippen molar-refractivity contribution in [3.63, 3.8) is 0 Å². The highest BCUT2D eigenvalue weighted by atomic mass is 79.9. The lowest BCUT2D eigenvalue weighted by Gasteiger charge is -2.42. The van der Waals surface area contributed by atoms with Gasteiger partial charge in [0.1, 0.15) is 0 Å². The molecule has 2 N–H and O–H groups in total. The second-order valence-electron chi connectivity index (χ2n) is 5.09. The largest absolute Gasteiger partial charge is 0.394 e. The molecule has 3 heteroatoms. The van der Waals surface area contributed by atoms with Gasteiger partial charge in [0.05, 0.1) is 12.1 Å². The van der Waals surface area contributed by atoms with Gasteiger partial charge in [0, 0.05) is 10.2 Å². The van der Waals surface area contributed by atoms with Gasteiger partial charge in [-0.25, -0.2) is 0 Å². The molecule has 1 saturated carbocycles. The van der Waals surface area contributed by atoms with Crippen LogP contribution in [0.25, 0.3) is 0 Å². The van der Waals surface area contributed by atoms with Crippen molar-refractivity contribution in [2.45, 2.75) is 38.1 Å². The van der Waals surface area contributed by atoms with E-state index in [1.54, 1.807) is 0 Å².